The van der Waals surface area contributed by atoms with Gasteiger partial charge >= 0.3 is 0 Å². The number of carbonyl (C=O) groups is 1. The Morgan fingerprint density at radius 2 is 2.11 bits per heavy atom. The second-order valence-electron chi connectivity index (χ2n) is 5.67. The first kappa shape index (κ1) is 19.8. The molecule has 0 aromatic heterocycles. The van der Waals surface area contributed by atoms with Crippen LogP contribution in [-0.2, 0) is 14.6 Å². The van der Waals surface area contributed by atoms with Crippen LogP contribution in [0.2, 0.25) is 0 Å². The average Bonchev–Trinajstić information content (AvgIpc) is 3.08. The Hall–Kier alpha value is -2.92. The number of hydrazone groups is 1. The van der Waals surface area contributed by atoms with Crippen LogP contribution in [-0.4, -0.2) is 54.7 Å². The van der Waals surface area contributed by atoms with Crippen molar-refractivity contribution in [3.05, 3.63) is 42.0 Å². The Morgan fingerprint density at radius 1 is 1.36 bits per heavy atom. The fraction of sp³-hybridized carbons (Fsp3) is 0.176. The summed E-state index contributed by atoms with van der Waals surface area (Å²) in [6.07, 6.45) is 4.07. The van der Waals surface area contributed by atoms with Gasteiger partial charge < -0.3 is 9.47 Å². The highest BCUT2D eigenvalue weighted by Gasteiger charge is 2.38. The van der Waals surface area contributed by atoms with Crippen LogP contribution in [0.5, 0.6) is 11.5 Å². The van der Waals surface area contributed by atoms with Crippen molar-refractivity contribution in [3.63, 3.8) is 0 Å². The fourth-order valence-corrected chi connectivity index (χ4v) is 4.02. The van der Waals surface area contributed by atoms with E-state index in [4.69, 9.17) is 14.9 Å². The van der Waals surface area contributed by atoms with Gasteiger partial charge in [-0.2, -0.15) is 10.0 Å². The van der Waals surface area contributed by atoms with Gasteiger partial charge in [0.1, 0.15) is 6.61 Å². The van der Waals surface area contributed by atoms with Crippen LogP contribution in [0.4, 0.5) is 0 Å². The monoisotopic (exact) mass is 420 g/mol. The Morgan fingerprint density at radius 3 is 2.75 bits per heavy atom. The highest BCUT2D eigenvalue weighted by atomic mass is 32.3. The number of amides is 1. The molecule has 3 rings (SSSR count). The molecule has 0 bridgehead atoms. The number of fused-ring (bicyclic) bond motifs is 1. The van der Waals surface area contributed by atoms with Crippen LogP contribution in [0, 0.1) is 5.41 Å². The molecule has 0 saturated carbocycles. The zero-order chi connectivity index (χ0) is 20.5. The van der Waals surface area contributed by atoms with Crippen molar-refractivity contribution in [1.82, 2.24) is 5.01 Å². The highest BCUT2D eigenvalue weighted by molar-refractivity contribution is 8.42. The molecular weight excluding hydrogens is 404 g/mol. The summed E-state index contributed by atoms with van der Waals surface area (Å²) in [4.78, 5) is 16.2. The van der Waals surface area contributed by atoms with E-state index < -0.39 is 15.7 Å². The molecule has 11 heteroatoms. The molecule has 1 aromatic carbocycles. The van der Waals surface area contributed by atoms with Crippen LogP contribution in [0.25, 0.3) is 6.08 Å². The van der Waals surface area contributed by atoms with E-state index in [0.29, 0.717) is 23.7 Å². The minimum atomic E-state index is -3.57. The Bertz CT molecular complexity index is 1070. The summed E-state index contributed by atoms with van der Waals surface area (Å²) in [5.74, 6) is 0.0456. The van der Waals surface area contributed by atoms with Gasteiger partial charge in [0.2, 0.25) is 19.4 Å². The predicted molar refractivity (Wildman–Crippen MR) is 109 cm³/mol. The SMILES string of the molecule is C=CCOc1ccc(/C=C2/C(=N)N3N=C(S(C)(=O)=O)SC3=NC2=O)cc1OC. The van der Waals surface area contributed by atoms with Gasteiger partial charge in [-0.05, 0) is 35.5 Å². The van der Waals surface area contributed by atoms with Gasteiger partial charge in [-0.1, -0.05) is 18.7 Å². The molecule has 1 N–H and O–H groups in total. The zero-order valence-electron chi connectivity index (χ0n) is 15.0. The van der Waals surface area contributed by atoms with E-state index in [2.05, 4.69) is 16.7 Å². The second-order valence-corrected chi connectivity index (χ2v) is 8.81. The lowest BCUT2D eigenvalue weighted by molar-refractivity contribution is -0.114. The molecule has 2 aliphatic heterocycles. The molecule has 0 saturated heterocycles. The van der Waals surface area contributed by atoms with E-state index in [1.165, 1.54) is 13.2 Å². The van der Waals surface area contributed by atoms with Crippen LogP contribution >= 0.6 is 11.8 Å². The molecule has 2 heterocycles. The largest absolute Gasteiger partial charge is 0.493 e. The smallest absolute Gasteiger partial charge is 0.283 e. The number of nitrogens with one attached hydrogen (secondary N) is 1. The molecule has 0 radical (unpaired) electrons. The van der Waals surface area contributed by atoms with Gasteiger partial charge in [0, 0.05) is 6.26 Å². The molecule has 0 aliphatic carbocycles. The number of hydrogen-bond donors (Lipinski definition) is 1. The number of ether oxygens (including phenoxy) is 2. The summed E-state index contributed by atoms with van der Waals surface area (Å²) >= 11 is 0.737. The number of amidine groups is 2. The number of nitrogens with zero attached hydrogens (tertiary/aromatic N) is 3. The number of sulfone groups is 1. The number of aliphatic imine (C=N–C) groups is 1. The van der Waals surface area contributed by atoms with E-state index in [1.807, 2.05) is 0 Å². The lowest BCUT2D eigenvalue weighted by atomic mass is 10.1. The second kappa shape index (κ2) is 7.60. The van der Waals surface area contributed by atoms with Crippen molar-refractivity contribution in [2.75, 3.05) is 20.0 Å². The van der Waals surface area contributed by atoms with Crippen molar-refractivity contribution in [3.8, 4) is 11.5 Å². The number of methoxy groups -OCH3 is 1. The number of benzene rings is 1. The third kappa shape index (κ3) is 3.85. The topological polar surface area (TPSA) is 121 Å². The van der Waals surface area contributed by atoms with Crippen molar-refractivity contribution >= 4 is 49.0 Å². The lowest BCUT2D eigenvalue weighted by Crippen LogP contribution is -2.35. The third-order valence-corrected chi connectivity index (χ3v) is 6.19. The van der Waals surface area contributed by atoms with Crippen molar-refractivity contribution in [2.24, 2.45) is 10.1 Å². The molecule has 0 atom stereocenters. The first-order valence-electron chi connectivity index (χ1n) is 7.86. The van der Waals surface area contributed by atoms with Gasteiger partial charge in [0.15, 0.2) is 17.3 Å². The minimum Gasteiger partial charge on any atom is -0.493 e. The van der Waals surface area contributed by atoms with Gasteiger partial charge in [-0.25, -0.2) is 8.42 Å². The van der Waals surface area contributed by atoms with Crippen LogP contribution < -0.4 is 9.47 Å². The van der Waals surface area contributed by atoms with Gasteiger partial charge in [0.05, 0.1) is 12.7 Å². The van der Waals surface area contributed by atoms with Crippen molar-refractivity contribution in [2.45, 2.75) is 0 Å². The van der Waals surface area contributed by atoms with Gasteiger partial charge in [0.25, 0.3) is 5.91 Å². The van der Waals surface area contributed by atoms with Crippen LogP contribution in [0.1, 0.15) is 5.56 Å². The molecule has 146 valence electrons. The Balaban J connectivity index is 1.95. The molecule has 0 spiro atoms. The molecular formula is C17H16N4O5S2. The summed E-state index contributed by atoms with van der Waals surface area (Å²) in [5, 5.41) is 13.2. The quantitative estimate of drug-likeness (QED) is 0.570. The van der Waals surface area contributed by atoms with Gasteiger partial charge in [-0.3, -0.25) is 10.2 Å². The summed E-state index contributed by atoms with van der Waals surface area (Å²) in [7, 11) is -2.09. The summed E-state index contributed by atoms with van der Waals surface area (Å²) in [6, 6.07) is 5.01. The van der Waals surface area contributed by atoms with E-state index in [0.717, 1.165) is 23.0 Å². The number of hydrogen-bond acceptors (Lipinski definition) is 8. The van der Waals surface area contributed by atoms with Crippen LogP contribution in [0.3, 0.4) is 0 Å². The molecule has 9 nitrogen and oxygen atoms in total. The Labute approximate surface area is 165 Å². The van der Waals surface area contributed by atoms with E-state index in [9.17, 15) is 13.2 Å². The summed E-state index contributed by atoms with van der Waals surface area (Å²) < 4.78 is 33.9. The third-order valence-electron chi connectivity index (χ3n) is 3.61. The van der Waals surface area contributed by atoms with E-state index >= 15 is 0 Å². The molecule has 0 unspecified atom stereocenters. The molecule has 0 fully saturated rings. The zero-order valence-corrected chi connectivity index (χ0v) is 16.6. The van der Waals surface area contributed by atoms with E-state index in [-0.39, 0.29) is 21.0 Å². The highest BCUT2D eigenvalue weighted by Crippen LogP contribution is 2.32. The van der Waals surface area contributed by atoms with Crippen molar-refractivity contribution < 1.29 is 22.7 Å². The van der Waals surface area contributed by atoms with Crippen molar-refractivity contribution in [1.29, 1.82) is 5.41 Å². The molecule has 1 amide bonds. The maximum Gasteiger partial charge on any atom is 0.283 e. The lowest BCUT2D eigenvalue weighted by Gasteiger charge is -2.20. The molecule has 28 heavy (non-hydrogen) atoms. The summed E-state index contributed by atoms with van der Waals surface area (Å²) in [5.41, 5.74) is 0.554. The maximum absolute atomic E-state index is 12.4. The predicted octanol–water partition coefficient (Wildman–Crippen LogP) is 1.88. The normalized spacial score (nSPS) is 17.9. The van der Waals surface area contributed by atoms with E-state index in [1.54, 1.807) is 24.3 Å². The first-order valence-corrected chi connectivity index (χ1v) is 10.6. The fourth-order valence-electron chi connectivity index (χ4n) is 2.33. The average molecular weight is 420 g/mol. The minimum absolute atomic E-state index is 0.0235. The van der Waals surface area contributed by atoms with Gasteiger partial charge in [-0.15, -0.1) is 5.10 Å². The van der Waals surface area contributed by atoms with Crippen LogP contribution in [0.15, 0.2) is 46.5 Å². The molecule has 1 aromatic rings. The first-order chi connectivity index (χ1) is 13.2. The number of thioether (sulfide) groups is 1. The Kier molecular flexibility index (Phi) is 5.38. The number of rotatable bonds is 5. The molecule has 2 aliphatic rings. The maximum atomic E-state index is 12.4. The summed E-state index contributed by atoms with van der Waals surface area (Å²) in [6.45, 7) is 3.90. The standard InChI is InChI=1S/C17H16N4O5S2/c1-4-7-26-12-6-5-10(9-13(12)25-2)8-11-14(18)21-16(19-15(11)22)27-17(20-21)28(3,23)24/h4-6,8-9,18H,1,7H2,2-3H3/b11-8-,18-14?. The number of carbonyl (C=O) groups excluding carboxylic acids is 1.